The summed E-state index contributed by atoms with van der Waals surface area (Å²) in [5.41, 5.74) is -3.68. The van der Waals surface area contributed by atoms with Crippen molar-refractivity contribution in [1.29, 1.82) is 0 Å². The summed E-state index contributed by atoms with van der Waals surface area (Å²) in [5, 5.41) is 12.3. The number of nitrogens with zero attached hydrogens (tertiary/aromatic N) is 1. The highest BCUT2D eigenvalue weighted by molar-refractivity contribution is 6.34. The smallest absolute Gasteiger partial charge is 0.387 e. The van der Waals surface area contributed by atoms with Crippen LogP contribution in [-0.4, -0.2) is 27.8 Å². The average molecular weight is 483 g/mol. The summed E-state index contributed by atoms with van der Waals surface area (Å²) < 4.78 is 67.0. The standard InChI is InChI=1S/C20H17Cl2F5N2O2/c21-14-11(2-1-3-13(14)24)16(19(31)7-4-10(23)5-8-19)29-18(30)12-6-9-28-17(15(12)22)20(25,26)27/h1-3,6,9-10,16,31H,4-5,7-8H2,(H,29,30)/t10-,16?,19+. The highest BCUT2D eigenvalue weighted by atomic mass is 35.5. The number of carbonyl (C=O) groups excluding carboxylic acids is 1. The molecule has 1 unspecified atom stereocenters. The second kappa shape index (κ2) is 8.88. The van der Waals surface area contributed by atoms with Gasteiger partial charge in [-0.25, -0.2) is 8.78 Å². The fourth-order valence-corrected chi connectivity index (χ4v) is 4.18. The monoisotopic (exact) mass is 482 g/mol. The minimum Gasteiger partial charge on any atom is -0.387 e. The molecule has 1 fully saturated rings. The second-order valence-electron chi connectivity index (χ2n) is 7.35. The Kier molecular flexibility index (Phi) is 6.78. The van der Waals surface area contributed by atoms with Gasteiger partial charge in [-0.3, -0.25) is 9.78 Å². The Bertz CT molecular complexity index is 979. The van der Waals surface area contributed by atoms with Crippen LogP contribution >= 0.6 is 23.2 Å². The number of amides is 1. The van der Waals surface area contributed by atoms with Crippen molar-refractivity contribution in [2.45, 2.75) is 49.7 Å². The molecule has 31 heavy (non-hydrogen) atoms. The summed E-state index contributed by atoms with van der Waals surface area (Å²) in [4.78, 5) is 16.0. The molecule has 0 spiro atoms. The van der Waals surface area contributed by atoms with E-state index < -0.39 is 52.0 Å². The molecule has 0 saturated heterocycles. The molecule has 1 aliphatic carbocycles. The second-order valence-corrected chi connectivity index (χ2v) is 8.10. The molecule has 11 heteroatoms. The minimum atomic E-state index is -4.89. The van der Waals surface area contributed by atoms with Crippen molar-refractivity contribution in [3.05, 3.63) is 63.1 Å². The Hall–Kier alpha value is -1.97. The Morgan fingerprint density at radius 3 is 2.45 bits per heavy atom. The lowest BCUT2D eigenvalue weighted by Crippen LogP contribution is -2.48. The van der Waals surface area contributed by atoms with Gasteiger partial charge in [-0.15, -0.1) is 0 Å². The molecule has 1 aromatic heterocycles. The third-order valence-corrected chi connectivity index (χ3v) is 6.07. The topological polar surface area (TPSA) is 62.2 Å². The molecule has 168 valence electrons. The summed E-state index contributed by atoms with van der Waals surface area (Å²) in [6, 6.07) is 3.41. The number of carbonyl (C=O) groups is 1. The van der Waals surface area contributed by atoms with E-state index in [-0.39, 0.29) is 36.3 Å². The molecule has 0 bridgehead atoms. The molecule has 2 aromatic rings. The maximum absolute atomic E-state index is 14.1. The molecule has 2 N–H and O–H groups in total. The van der Waals surface area contributed by atoms with Crippen LogP contribution in [0.2, 0.25) is 10.0 Å². The normalized spacial score (nSPS) is 22.8. The zero-order valence-electron chi connectivity index (χ0n) is 15.8. The quantitative estimate of drug-likeness (QED) is 0.552. The van der Waals surface area contributed by atoms with Crippen LogP contribution in [0.1, 0.15) is 53.3 Å². The van der Waals surface area contributed by atoms with E-state index in [1.54, 1.807) is 0 Å². The number of alkyl halides is 4. The maximum atomic E-state index is 14.1. The fraction of sp³-hybridized carbons (Fsp3) is 0.400. The van der Waals surface area contributed by atoms with E-state index in [4.69, 9.17) is 23.2 Å². The summed E-state index contributed by atoms with van der Waals surface area (Å²) >= 11 is 11.8. The average Bonchev–Trinajstić information content (AvgIpc) is 2.70. The maximum Gasteiger partial charge on any atom is 0.434 e. The minimum absolute atomic E-state index is 0.00988. The van der Waals surface area contributed by atoms with Crippen molar-refractivity contribution >= 4 is 29.1 Å². The van der Waals surface area contributed by atoms with E-state index in [2.05, 4.69) is 10.3 Å². The van der Waals surface area contributed by atoms with Gasteiger partial charge in [0.2, 0.25) is 0 Å². The first-order valence-electron chi connectivity index (χ1n) is 9.27. The number of benzene rings is 1. The SMILES string of the molecule is O=C(NC(c1cccc(F)c1Cl)[C@]1(O)CC[C@@H](F)CC1)c1ccnc(C(F)(F)F)c1Cl. The van der Waals surface area contributed by atoms with Gasteiger partial charge in [0.15, 0.2) is 5.69 Å². The van der Waals surface area contributed by atoms with E-state index in [9.17, 15) is 31.9 Å². The van der Waals surface area contributed by atoms with Gasteiger partial charge in [-0.05, 0) is 43.4 Å². The first-order valence-corrected chi connectivity index (χ1v) is 10.0. The van der Waals surface area contributed by atoms with Crippen LogP contribution in [0.5, 0.6) is 0 Å². The molecular formula is C20H17Cl2F5N2O2. The van der Waals surface area contributed by atoms with Crippen molar-refractivity contribution in [2.24, 2.45) is 0 Å². The van der Waals surface area contributed by atoms with Crippen LogP contribution in [0.25, 0.3) is 0 Å². The van der Waals surface area contributed by atoms with Gasteiger partial charge in [0.25, 0.3) is 5.91 Å². The lowest BCUT2D eigenvalue weighted by atomic mass is 9.76. The Balaban J connectivity index is 2.02. The molecule has 1 heterocycles. The number of hydrogen-bond donors (Lipinski definition) is 2. The molecule has 1 saturated carbocycles. The van der Waals surface area contributed by atoms with E-state index in [0.29, 0.717) is 0 Å². The molecule has 1 aliphatic rings. The van der Waals surface area contributed by atoms with E-state index >= 15 is 0 Å². The Labute approximate surface area is 184 Å². The van der Waals surface area contributed by atoms with Gasteiger partial charge in [-0.1, -0.05) is 35.3 Å². The fourth-order valence-electron chi connectivity index (χ4n) is 3.64. The zero-order valence-corrected chi connectivity index (χ0v) is 17.3. The largest absolute Gasteiger partial charge is 0.434 e. The van der Waals surface area contributed by atoms with Crippen LogP contribution in [0.3, 0.4) is 0 Å². The predicted molar refractivity (Wildman–Crippen MR) is 104 cm³/mol. The number of nitrogens with one attached hydrogen (secondary N) is 1. The van der Waals surface area contributed by atoms with Crippen molar-refractivity contribution in [2.75, 3.05) is 0 Å². The zero-order chi connectivity index (χ0) is 23.0. The van der Waals surface area contributed by atoms with Crippen LogP contribution in [-0.2, 0) is 6.18 Å². The third-order valence-electron chi connectivity index (χ3n) is 5.29. The summed E-state index contributed by atoms with van der Waals surface area (Å²) in [5.74, 6) is -1.87. The molecular weight excluding hydrogens is 466 g/mol. The lowest BCUT2D eigenvalue weighted by molar-refractivity contribution is -0.141. The first kappa shape index (κ1) is 23.7. The summed E-state index contributed by atoms with van der Waals surface area (Å²) in [7, 11) is 0. The number of rotatable bonds is 4. The van der Waals surface area contributed by atoms with E-state index in [0.717, 1.165) is 18.3 Å². The van der Waals surface area contributed by atoms with Crippen molar-refractivity contribution < 1.29 is 31.9 Å². The van der Waals surface area contributed by atoms with Gasteiger partial charge in [0.05, 0.1) is 27.3 Å². The highest BCUT2D eigenvalue weighted by Gasteiger charge is 2.44. The van der Waals surface area contributed by atoms with Crippen LogP contribution < -0.4 is 5.32 Å². The molecule has 1 atom stereocenters. The van der Waals surface area contributed by atoms with Crippen molar-refractivity contribution in [3.8, 4) is 0 Å². The Morgan fingerprint density at radius 2 is 1.84 bits per heavy atom. The number of aliphatic hydroxyl groups is 1. The molecule has 1 amide bonds. The molecule has 0 radical (unpaired) electrons. The van der Waals surface area contributed by atoms with Crippen LogP contribution in [0.4, 0.5) is 22.0 Å². The number of pyridine rings is 1. The lowest BCUT2D eigenvalue weighted by Gasteiger charge is -2.41. The number of aromatic nitrogens is 1. The highest BCUT2D eigenvalue weighted by Crippen LogP contribution is 2.42. The molecule has 4 nitrogen and oxygen atoms in total. The van der Waals surface area contributed by atoms with Crippen molar-refractivity contribution in [3.63, 3.8) is 0 Å². The van der Waals surface area contributed by atoms with Crippen LogP contribution in [0.15, 0.2) is 30.5 Å². The van der Waals surface area contributed by atoms with Crippen molar-refractivity contribution in [1.82, 2.24) is 10.3 Å². The van der Waals surface area contributed by atoms with Crippen LogP contribution in [0, 0.1) is 5.82 Å². The van der Waals surface area contributed by atoms with Gasteiger partial charge >= 0.3 is 6.18 Å². The number of hydrogen-bond acceptors (Lipinski definition) is 3. The number of halogens is 7. The van der Waals surface area contributed by atoms with E-state index in [1.807, 2.05) is 0 Å². The molecule has 1 aromatic carbocycles. The van der Waals surface area contributed by atoms with Gasteiger partial charge in [-0.2, -0.15) is 13.2 Å². The third kappa shape index (κ3) is 4.94. The first-order chi connectivity index (χ1) is 14.4. The summed E-state index contributed by atoms with van der Waals surface area (Å²) in [6.45, 7) is 0. The van der Waals surface area contributed by atoms with Gasteiger partial charge in [0, 0.05) is 6.20 Å². The van der Waals surface area contributed by atoms with Gasteiger partial charge in [0.1, 0.15) is 12.0 Å². The van der Waals surface area contributed by atoms with E-state index in [1.165, 1.54) is 12.1 Å². The molecule has 3 rings (SSSR count). The predicted octanol–water partition coefficient (Wildman–Crippen LogP) is 5.66. The van der Waals surface area contributed by atoms with Gasteiger partial charge < -0.3 is 10.4 Å². The molecule has 0 aliphatic heterocycles. The summed E-state index contributed by atoms with van der Waals surface area (Å²) in [6.07, 6.45) is -5.45. The Morgan fingerprint density at radius 1 is 1.19 bits per heavy atom.